The maximum absolute atomic E-state index is 12.5. The van der Waals surface area contributed by atoms with E-state index < -0.39 is 0 Å². The Balaban J connectivity index is 2.19. The van der Waals surface area contributed by atoms with E-state index in [-0.39, 0.29) is 24.7 Å². The van der Waals surface area contributed by atoms with Crippen LogP contribution in [0.4, 0.5) is 0 Å². The molecule has 1 aromatic rings. The molecule has 0 aromatic carbocycles. The van der Waals surface area contributed by atoms with E-state index in [0.717, 1.165) is 17.7 Å². The fraction of sp³-hybridized carbons (Fsp3) is 0.643. The summed E-state index contributed by atoms with van der Waals surface area (Å²) in [4.78, 5) is 14.2. The first kappa shape index (κ1) is 14.1. The third kappa shape index (κ3) is 2.82. The highest BCUT2D eigenvalue weighted by Crippen LogP contribution is 2.21. The van der Waals surface area contributed by atoms with E-state index in [1.54, 1.807) is 4.90 Å². The first-order chi connectivity index (χ1) is 9.06. The quantitative estimate of drug-likeness (QED) is 0.898. The van der Waals surface area contributed by atoms with Crippen LogP contribution in [-0.2, 0) is 11.2 Å². The zero-order valence-corrected chi connectivity index (χ0v) is 11.7. The summed E-state index contributed by atoms with van der Waals surface area (Å²) in [5.74, 6) is 1.11. The number of amides is 1. The molecule has 0 aliphatic carbocycles. The second kappa shape index (κ2) is 5.75. The molecule has 106 valence electrons. The monoisotopic (exact) mass is 267 g/mol. The standard InChI is InChI=1S/C14H21NO4/c1-4-11-5-9(2)13(19-11)14(17)15-6-12(7-16)18-8-10(15)3/h5,10,12,16H,4,6-8H2,1-3H3. The molecule has 0 spiro atoms. The van der Waals surface area contributed by atoms with Gasteiger partial charge in [0.15, 0.2) is 5.76 Å². The van der Waals surface area contributed by atoms with Crippen LogP contribution < -0.4 is 0 Å². The van der Waals surface area contributed by atoms with Crippen LogP contribution in [0.3, 0.4) is 0 Å². The zero-order chi connectivity index (χ0) is 14.0. The van der Waals surface area contributed by atoms with Gasteiger partial charge < -0.3 is 19.2 Å². The molecule has 0 bridgehead atoms. The minimum Gasteiger partial charge on any atom is -0.456 e. The summed E-state index contributed by atoms with van der Waals surface area (Å²) < 4.78 is 11.0. The van der Waals surface area contributed by atoms with Crippen molar-refractivity contribution in [1.29, 1.82) is 0 Å². The van der Waals surface area contributed by atoms with Crippen molar-refractivity contribution < 1.29 is 19.1 Å². The Kier molecular flexibility index (Phi) is 4.27. The Morgan fingerprint density at radius 1 is 1.58 bits per heavy atom. The first-order valence-electron chi connectivity index (χ1n) is 6.69. The lowest BCUT2D eigenvalue weighted by molar-refractivity contribution is -0.0674. The van der Waals surface area contributed by atoms with Gasteiger partial charge in [0.05, 0.1) is 25.4 Å². The molecule has 0 saturated carbocycles. The van der Waals surface area contributed by atoms with Crippen molar-refractivity contribution >= 4 is 5.91 Å². The lowest BCUT2D eigenvalue weighted by atomic mass is 10.1. The SMILES string of the molecule is CCc1cc(C)c(C(=O)N2CC(CO)OCC2C)o1. The molecule has 19 heavy (non-hydrogen) atoms. The number of rotatable bonds is 3. The van der Waals surface area contributed by atoms with Crippen molar-refractivity contribution in [1.82, 2.24) is 4.90 Å². The molecular weight excluding hydrogens is 246 g/mol. The van der Waals surface area contributed by atoms with Gasteiger partial charge in [0, 0.05) is 18.5 Å². The summed E-state index contributed by atoms with van der Waals surface area (Å²) in [6.07, 6.45) is 0.465. The van der Waals surface area contributed by atoms with Gasteiger partial charge in [-0.15, -0.1) is 0 Å². The van der Waals surface area contributed by atoms with Gasteiger partial charge >= 0.3 is 0 Å². The lowest BCUT2D eigenvalue weighted by Gasteiger charge is -2.37. The zero-order valence-electron chi connectivity index (χ0n) is 11.7. The number of aryl methyl sites for hydroxylation is 2. The first-order valence-corrected chi connectivity index (χ1v) is 6.69. The topological polar surface area (TPSA) is 62.9 Å². The summed E-state index contributed by atoms with van der Waals surface area (Å²) >= 11 is 0. The van der Waals surface area contributed by atoms with Crippen LogP contribution in [0.2, 0.25) is 0 Å². The Bertz CT molecular complexity index is 454. The Hall–Kier alpha value is -1.33. The fourth-order valence-corrected chi connectivity index (χ4v) is 2.28. The van der Waals surface area contributed by atoms with Crippen molar-refractivity contribution in [2.45, 2.75) is 39.3 Å². The van der Waals surface area contributed by atoms with E-state index in [1.807, 2.05) is 26.8 Å². The molecule has 1 saturated heterocycles. The van der Waals surface area contributed by atoms with Crippen LogP contribution in [-0.4, -0.2) is 47.8 Å². The predicted octanol–water partition coefficient (Wildman–Crippen LogP) is 1.37. The summed E-state index contributed by atoms with van der Waals surface area (Å²) in [7, 11) is 0. The second-order valence-electron chi connectivity index (χ2n) is 5.02. The van der Waals surface area contributed by atoms with Crippen molar-refractivity contribution in [2.75, 3.05) is 19.8 Å². The fourth-order valence-electron chi connectivity index (χ4n) is 2.28. The summed E-state index contributed by atoms with van der Waals surface area (Å²) in [6.45, 7) is 6.57. The van der Waals surface area contributed by atoms with Crippen LogP contribution in [0.25, 0.3) is 0 Å². The second-order valence-corrected chi connectivity index (χ2v) is 5.02. The molecule has 5 heteroatoms. The third-order valence-corrected chi connectivity index (χ3v) is 3.48. The highest BCUT2D eigenvalue weighted by Gasteiger charge is 2.32. The molecule has 2 rings (SSSR count). The Morgan fingerprint density at radius 2 is 2.32 bits per heavy atom. The van der Waals surface area contributed by atoms with E-state index in [4.69, 9.17) is 14.3 Å². The molecule has 2 atom stereocenters. The van der Waals surface area contributed by atoms with Crippen LogP contribution in [0.1, 0.15) is 35.7 Å². The summed E-state index contributed by atoms with van der Waals surface area (Å²) in [6, 6.07) is 1.90. The molecule has 1 amide bonds. The van der Waals surface area contributed by atoms with Gasteiger partial charge in [-0.3, -0.25) is 4.79 Å². The van der Waals surface area contributed by atoms with Crippen LogP contribution in [0, 0.1) is 6.92 Å². The number of carbonyl (C=O) groups is 1. The number of morpholine rings is 1. The van der Waals surface area contributed by atoms with Gasteiger partial charge in [-0.1, -0.05) is 6.92 Å². The lowest BCUT2D eigenvalue weighted by Crippen LogP contribution is -2.52. The van der Waals surface area contributed by atoms with Gasteiger partial charge in [0.2, 0.25) is 0 Å². The minimum atomic E-state index is -0.305. The van der Waals surface area contributed by atoms with E-state index in [9.17, 15) is 4.79 Å². The van der Waals surface area contributed by atoms with E-state index in [1.165, 1.54) is 0 Å². The van der Waals surface area contributed by atoms with Gasteiger partial charge in [-0.2, -0.15) is 0 Å². The van der Waals surface area contributed by atoms with Crippen LogP contribution in [0.15, 0.2) is 10.5 Å². The van der Waals surface area contributed by atoms with Gasteiger partial charge in [0.25, 0.3) is 5.91 Å². The van der Waals surface area contributed by atoms with Crippen LogP contribution in [0.5, 0.6) is 0 Å². The molecule has 1 aliphatic rings. The van der Waals surface area contributed by atoms with Crippen molar-refractivity contribution in [3.8, 4) is 0 Å². The molecule has 1 N–H and O–H groups in total. The molecule has 1 fully saturated rings. The molecular formula is C14H21NO4. The van der Waals surface area contributed by atoms with Crippen molar-refractivity contribution in [2.24, 2.45) is 0 Å². The molecule has 1 aromatic heterocycles. The van der Waals surface area contributed by atoms with Crippen molar-refractivity contribution in [3.05, 3.63) is 23.2 Å². The van der Waals surface area contributed by atoms with E-state index in [2.05, 4.69) is 0 Å². The molecule has 2 unspecified atom stereocenters. The summed E-state index contributed by atoms with van der Waals surface area (Å²) in [5.41, 5.74) is 0.862. The molecule has 2 heterocycles. The smallest absolute Gasteiger partial charge is 0.290 e. The number of nitrogens with zero attached hydrogens (tertiary/aromatic N) is 1. The average molecular weight is 267 g/mol. The number of ether oxygens (including phenoxy) is 1. The average Bonchev–Trinajstić information content (AvgIpc) is 2.80. The normalized spacial score (nSPS) is 23.7. The van der Waals surface area contributed by atoms with E-state index in [0.29, 0.717) is 18.9 Å². The highest BCUT2D eigenvalue weighted by atomic mass is 16.5. The molecule has 0 radical (unpaired) electrons. The largest absolute Gasteiger partial charge is 0.456 e. The maximum Gasteiger partial charge on any atom is 0.290 e. The van der Waals surface area contributed by atoms with E-state index >= 15 is 0 Å². The molecule has 1 aliphatic heterocycles. The predicted molar refractivity (Wildman–Crippen MR) is 70.1 cm³/mol. The Labute approximate surface area is 113 Å². The summed E-state index contributed by atoms with van der Waals surface area (Å²) in [5, 5.41) is 9.16. The van der Waals surface area contributed by atoms with Gasteiger partial charge in [-0.25, -0.2) is 0 Å². The maximum atomic E-state index is 12.5. The number of aliphatic hydroxyl groups excluding tert-OH is 1. The van der Waals surface area contributed by atoms with Gasteiger partial charge in [-0.05, 0) is 19.9 Å². The minimum absolute atomic E-state index is 0.00937. The molecule has 5 nitrogen and oxygen atoms in total. The van der Waals surface area contributed by atoms with Crippen LogP contribution >= 0.6 is 0 Å². The third-order valence-electron chi connectivity index (χ3n) is 3.48. The Morgan fingerprint density at radius 3 is 2.89 bits per heavy atom. The number of carbonyl (C=O) groups excluding carboxylic acids is 1. The van der Waals surface area contributed by atoms with Crippen molar-refractivity contribution in [3.63, 3.8) is 0 Å². The number of aliphatic hydroxyl groups is 1. The van der Waals surface area contributed by atoms with Gasteiger partial charge in [0.1, 0.15) is 5.76 Å². The number of furan rings is 1. The number of hydrogen-bond acceptors (Lipinski definition) is 4. The number of hydrogen-bond donors (Lipinski definition) is 1. The highest BCUT2D eigenvalue weighted by molar-refractivity contribution is 5.93.